The number of allylic oxidation sites excluding steroid dienone is 3. The van der Waals surface area contributed by atoms with Crippen LogP contribution in [-0.4, -0.2) is 33.1 Å². The molecule has 0 aromatic heterocycles. The molecule has 0 aliphatic rings. The molecule has 0 aliphatic carbocycles. The van der Waals surface area contributed by atoms with Crippen molar-refractivity contribution in [1.82, 2.24) is 10.2 Å². The van der Waals surface area contributed by atoms with Crippen LogP contribution in [0.25, 0.3) is 0 Å². The quantitative estimate of drug-likeness (QED) is 0.410. The van der Waals surface area contributed by atoms with E-state index in [4.69, 9.17) is 0 Å². The summed E-state index contributed by atoms with van der Waals surface area (Å²) in [7, 11) is 7.95. The summed E-state index contributed by atoms with van der Waals surface area (Å²) in [5.41, 5.74) is 2.48. The van der Waals surface area contributed by atoms with E-state index in [1.165, 1.54) is 37.0 Å². The summed E-state index contributed by atoms with van der Waals surface area (Å²) in [5.74, 6) is 0.674. The van der Waals surface area contributed by atoms with Gasteiger partial charge in [0.2, 0.25) is 0 Å². The summed E-state index contributed by atoms with van der Waals surface area (Å²) in [6, 6.07) is 0. The van der Waals surface area contributed by atoms with E-state index in [-0.39, 0.29) is 0 Å². The fourth-order valence-electron chi connectivity index (χ4n) is 1.68. The monoisotopic (exact) mass is 340 g/mol. The molecule has 0 aliphatic heterocycles. The fraction of sp³-hybridized carbons (Fsp3) is 0.636. The van der Waals surface area contributed by atoms with Crippen molar-refractivity contribution >= 4 is 0 Å². The van der Waals surface area contributed by atoms with Gasteiger partial charge in [-0.1, -0.05) is 52.7 Å². The second-order valence-corrected chi connectivity index (χ2v) is 5.27. The fourth-order valence-corrected chi connectivity index (χ4v) is 1.68. The smallest absolute Gasteiger partial charge is 0.00750 e. The minimum absolute atomic E-state index is 0.674. The van der Waals surface area contributed by atoms with Crippen LogP contribution >= 0.6 is 0 Å². The molecule has 0 bridgehead atoms. The zero-order valence-corrected chi connectivity index (χ0v) is 18.5. The molecule has 0 rings (SSSR count). The maximum atomic E-state index is 4.16. The number of hydrogen-bond donors (Lipinski definition) is 1. The summed E-state index contributed by atoms with van der Waals surface area (Å²) in [4.78, 5) is 2.00. The van der Waals surface area contributed by atoms with Crippen LogP contribution in [0.2, 0.25) is 0 Å². The van der Waals surface area contributed by atoms with Crippen LogP contribution in [0.3, 0.4) is 0 Å². The summed E-state index contributed by atoms with van der Waals surface area (Å²) in [6.07, 6.45) is 7.20. The molecule has 2 nitrogen and oxygen atoms in total. The minimum Gasteiger partial charge on any atom is -0.392 e. The predicted octanol–water partition coefficient (Wildman–Crippen LogP) is 6.69. The van der Waals surface area contributed by atoms with E-state index in [0.29, 0.717) is 5.92 Å². The first kappa shape index (κ1) is 34.1. The highest BCUT2D eigenvalue weighted by Gasteiger charge is 2.08. The lowest BCUT2D eigenvalue weighted by Gasteiger charge is -2.16. The van der Waals surface area contributed by atoms with Gasteiger partial charge in [0.1, 0.15) is 0 Å². The van der Waals surface area contributed by atoms with Gasteiger partial charge in [-0.3, -0.25) is 0 Å². The Hall–Kier alpha value is -1.28. The van der Waals surface area contributed by atoms with Gasteiger partial charge in [0.15, 0.2) is 0 Å². The number of rotatable bonds is 7. The largest absolute Gasteiger partial charge is 0.392 e. The van der Waals surface area contributed by atoms with Crippen LogP contribution in [0.5, 0.6) is 0 Å². The highest BCUT2D eigenvalue weighted by Crippen LogP contribution is 2.22. The van der Waals surface area contributed by atoms with Crippen LogP contribution in [0, 0.1) is 5.92 Å². The highest BCUT2D eigenvalue weighted by atomic mass is 15.0. The molecular formula is C22H48N2. The molecule has 0 saturated heterocycles. The van der Waals surface area contributed by atoms with E-state index in [0.717, 1.165) is 0 Å². The van der Waals surface area contributed by atoms with E-state index in [1.807, 2.05) is 46.9 Å². The molecule has 0 amide bonds. The molecule has 24 heavy (non-hydrogen) atoms. The molecule has 0 fully saturated rings. The maximum Gasteiger partial charge on any atom is 0.00750 e. The Balaban J connectivity index is -0.000000100. The second kappa shape index (κ2) is 33.4. The SMILES string of the molecule is C=C.C=C.C=C(/C=C(/C)NC)C(CCC)CCC.CC.CN(C)C. The molecule has 0 atom stereocenters. The van der Waals surface area contributed by atoms with Crippen molar-refractivity contribution in [2.45, 2.75) is 60.3 Å². The van der Waals surface area contributed by atoms with E-state index in [9.17, 15) is 0 Å². The second-order valence-electron chi connectivity index (χ2n) is 5.27. The lowest BCUT2D eigenvalue weighted by molar-refractivity contribution is 0.505. The lowest BCUT2D eigenvalue weighted by atomic mass is 9.90. The van der Waals surface area contributed by atoms with Crippen molar-refractivity contribution in [3.63, 3.8) is 0 Å². The Labute approximate surface area is 155 Å². The molecule has 0 spiro atoms. The van der Waals surface area contributed by atoms with Crippen molar-refractivity contribution in [1.29, 1.82) is 0 Å². The van der Waals surface area contributed by atoms with E-state index >= 15 is 0 Å². The molecule has 0 unspecified atom stereocenters. The average molecular weight is 341 g/mol. The van der Waals surface area contributed by atoms with Crippen molar-refractivity contribution < 1.29 is 0 Å². The molecule has 0 radical (unpaired) electrons. The summed E-state index contributed by atoms with van der Waals surface area (Å²) in [6.45, 7) is 26.7. The molecule has 0 heterocycles. The Morgan fingerprint density at radius 3 is 1.46 bits per heavy atom. The first-order chi connectivity index (χ1) is 11.4. The number of hydrogen-bond acceptors (Lipinski definition) is 2. The standard InChI is InChI=1S/C13H25N.C3H9N.C2H6.2C2H4/c1-6-8-13(9-7-2)11(3)10-12(4)14-5;1-4(2)3;3*1-2/h10,13-14H,3,6-9H2,1-2,4-5H3;1-3H3;1-2H3;2*1-2H2/b12-10-;;;;. The van der Waals surface area contributed by atoms with Gasteiger partial charge in [0, 0.05) is 12.7 Å². The molecule has 1 N–H and O–H groups in total. The summed E-state index contributed by atoms with van der Waals surface area (Å²) in [5, 5.41) is 3.14. The molecule has 0 aromatic rings. The average Bonchev–Trinajstić information content (AvgIpc) is 2.59. The van der Waals surface area contributed by atoms with Crippen LogP contribution < -0.4 is 5.32 Å². The van der Waals surface area contributed by atoms with Gasteiger partial charge in [0.05, 0.1) is 0 Å². The van der Waals surface area contributed by atoms with Crippen molar-refractivity contribution in [3.05, 3.63) is 50.2 Å². The molecule has 2 heteroatoms. The van der Waals surface area contributed by atoms with Crippen LogP contribution in [0.4, 0.5) is 0 Å². The van der Waals surface area contributed by atoms with E-state index in [1.54, 1.807) is 0 Å². The maximum absolute atomic E-state index is 4.16. The van der Waals surface area contributed by atoms with Crippen molar-refractivity contribution in [3.8, 4) is 0 Å². The molecule has 0 saturated carbocycles. The third-order valence-electron chi connectivity index (χ3n) is 2.59. The summed E-state index contributed by atoms with van der Waals surface area (Å²) < 4.78 is 0. The third kappa shape index (κ3) is 37.2. The van der Waals surface area contributed by atoms with Gasteiger partial charge >= 0.3 is 0 Å². The van der Waals surface area contributed by atoms with E-state index in [2.05, 4.69) is 65.1 Å². The zero-order chi connectivity index (χ0) is 20.6. The molecular weight excluding hydrogens is 292 g/mol. The van der Waals surface area contributed by atoms with Crippen LogP contribution in [0.1, 0.15) is 60.3 Å². The van der Waals surface area contributed by atoms with Gasteiger partial charge in [-0.05, 0) is 52.9 Å². The molecule has 0 aromatic carbocycles. The van der Waals surface area contributed by atoms with Crippen molar-refractivity contribution in [2.75, 3.05) is 28.2 Å². The van der Waals surface area contributed by atoms with Gasteiger partial charge in [0.25, 0.3) is 0 Å². The van der Waals surface area contributed by atoms with Gasteiger partial charge < -0.3 is 10.2 Å². The first-order valence-electron chi connectivity index (χ1n) is 9.04. The minimum atomic E-state index is 0.674. The topological polar surface area (TPSA) is 15.3 Å². The van der Waals surface area contributed by atoms with Crippen molar-refractivity contribution in [2.24, 2.45) is 5.92 Å². The van der Waals surface area contributed by atoms with Gasteiger partial charge in [-0.2, -0.15) is 0 Å². The summed E-state index contributed by atoms with van der Waals surface area (Å²) >= 11 is 0. The highest BCUT2D eigenvalue weighted by molar-refractivity contribution is 5.21. The van der Waals surface area contributed by atoms with Gasteiger partial charge in [-0.25, -0.2) is 0 Å². The third-order valence-corrected chi connectivity index (χ3v) is 2.59. The number of nitrogens with one attached hydrogen (secondary N) is 1. The predicted molar refractivity (Wildman–Crippen MR) is 119 cm³/mol. The lowest BCUT2D eigenvalue weighted by Crippen LogP contribution is -2.06. The van der Waals surface area contributed by atoms with E-state index < -0.39 is 0 Å². The number of nitrogens with zero attached hydrogens (tertiary/aromatic N) is 1. The Morgan fingerprint density at radius 2 is 1.25 bits per heavy atom. The Morgan fingerprint density at radius 1 is 0.958 bits per heavy atom. The Bertz CT molecular complexity index is 244. The molecule has 146 valence electrons. The van der Waals surface area contributed by atoms with Crippen LogP contribution in [-0.2, 0) is 0 Å². The normalized spacial score (nSPS) is 9.04. The van der Waals surface area contributed by atoms with Crippen LogP contribution in [0.15, 0.2) is 50.2 Å². The first-order valence-corrected chi connectivity index (χ1v) is 9.04. The Kier molecular flexibility index (Phi) is 47.4. The van der Waals surface area contributed by atoms with Gasteiger partial charge in [-0.15, -0.1) is 26.3 Å². The zero-order valence-electron chi connectivity index (χ0n) is 18.5.